The summed E-state index contributed by atoms with van der Waals surface area (Å²) in [5.74, 6) is 3.88. The van der Waals surface area contributed by atoms with Crippen molar-refractivity contribution < 1.29 is 0 Å². The highest BCUT2D eigenvalue weighted by Crippen LogP contribution is 2.02. The van der Waals surface area contributed by atoms with E-state index in [2.05, 4.69) is 32.3 Å². The standard InChI is InChI=1S/C9H13IN4/c1-2-3-4-6-9-11-12-13-14(9)8-5-7-10/h2-4,6,8H2,1H3. The van der Waals surface area contributed by atoms with E-state index in [1.807, 2.05) is 22.6 Å². The summed E-state index contributed by atoms with van der Waals surface area (Å²) in [7, 11) is 0. The minimum absolute atomic E-state index is 0.595. The first-order valence-corrected chi connectivity index (χ1v) is 5.80. The molecule has 0 unspecified atom stereocenters. The van der Waals surface area contributed by atoms with Crippen LogP contribution in [0.15, 0.2) is 0 Å². The lowest BCUT2D eigenvalue weighted by Gasteiger charge is -1.99. The average molecular weight is 304 g/mol. The topological polar surface area (TPSA) is 43.6 Å². The second kappa shape index (κ2) is 6.76. The molecule has 0 N–H and O–H groups in total. The summed E-state index contributed by atoms with van der Waals surface area (Å²) in [5.41, 5.74) is 0. The van der Waals surface area contributed by atoms with Crippen molar-refractivity contribution in [1.82, 2.24) is 20.2 Å². The molecule has 0 fully saturated rings. The fourth-order valence-electron chi connectivity index (χ4n) is 1.16. The van der Waals surface area contributed by atoms with Gasteiger partial charge in [0.15, 0.2) is 5.82 Å². The van der Waals surface area contributed by atoms with Gasteiger partial charge < -0.3 is 0 Å². The van der Waals surface area contributed by atoms with Crippen molar-refractivity contribution in [2.75, 3.05) is 0 Å². The Balaban J connectivity index is 2.48. The van der Waals surface area contributed by atoms with E-state index >= 15 is 0 Å². The van der Waals surface area contributed by atoms with Crippen LogP contribution in [0.5, 0.6) is 0 Å². The summed E-state index contributed by atoms with van der Waals surface area (Å²) >= 11 is 2.02. The molecule has 0 bridgehead atoms. The van der Waals surface area contributed by atoms with Crippen molar-refractivity contribution in [2.45, 2.75) is 39.2 Å². The van der Waals surface area contributed by atoms with Crippen LogP contribution in [0.3, 0.4) is 0 Å². The highest BCUT2D eigenvalue weighted by molar-refractivity contribution is 14.1. The SMILES string of the molecule is CCCCCc1nnnn1CC#CI. The smallest absolute Gasteiger partial charge is 0.152 e. The van der Waals surface area contributed by atoms with Gasteiger partial charge in [-0.25, -0.2) is 4.68 Å². The van der Waals surface area contributed by atoms with Gasteiger partial charge >= 0.3 is 0 Å². The van der Waals surface area contributed by atoms with E-state index in [0.29, 0.717) is 6.54 Å². The minimum atomic E-state index is 0.595. The van der Waals surface area contributed by atoms with Crippen molar-refractivity contribution in [3.05, 3.63) is 5.82 Å². The van der Waals surface area contributed by atoms with Crippen molar-refractivity contribution in [3.8, 4) is 9.85 Å². The zero-order chi connectivity index (χ0) is 10.2. The molecule has 0 spiro atoms. The molecule has 76 valence electrons. The Morgan fingerprint density at radius 3 is 3.00 bits per heavy atom. The maximum Gasteiger partial charge on any atom is 0.152 e. The third kappa shape index (κ3) is 3.62. The van der Waals surface area contributed by atoms with Gasteiger partial charge in [0.1, 0.15) is 6.54 Å². The van der Waals surface area contributed by atoms with E-state index in [-0.39, 0.29) is 0 Å². The van der Waals surface area contributed by atoms with E-state index in [1.165, 1.54) is 12.8 Å². The van der Waals surface area contributed by atoms with Crippen LogP contribution >= 0.6 is 22.6 Å². The van der Waals surface area contributed by atoms with Crippen LogP contribution < -0.4 is 0 Å². The number of tetrazole rings is 1. The van der Waals surface area contributed by atoms with Crippen molar-refractivity contribution in [2.24, 2.45) is 0 Å². The first-order valence-electron chi connectivity index (χ1n) is 4.72. The average Bonchev–Trinajstić information content (AvgIpc) is 2.63. The summed E-state index contributed by atoms with van der Waals surface area (Å²) in [6, 6.07) is 0. The maximum absolute atomic E-state index is 3.97. The van der Waals surface area contributed by atoms with Crippen LogP contribution in [0.1, 0.15) is 32.0 Å². The van der Waals surface area contributed by atoms with Gasteiger partial charge in [0.25, 0.3) is 0 Å². The highest BCUT2D eigenvalue weighted by atomic mass is 127. The fraction of sp³-hybridized carbons (Fsp3) is 0.667. The Kier molecular flexibility index (Phi) is 5.52. The van der Waals surface area contributed by atoms with Crippen LogP contribution in [0, 0.1) is 9.85 Å². The summed E-state index contributed by atoms with van der Waals surface area (Å²) in [6.45, 7) is 2.78. The summed E-state index contributed by atoms with van der Waals surface area (Å²) < 4.78 is 4.57. The van der Waals surface area contributed by atoms with E-state index in [1.54, 1.807) is 4.68 Å². The Morgan fingerprint density at radius 1 is 1.43 bits per heavy atom. The molecule has 5 heteroatoms. The molecule has 1 heterocycles. The second-order valence-corrected chi connectivity index (χ2v) is 3.52. The molecule has 1 aromatic rings. The molecule has 0 aliphatic rings. The molecule has 0 saturated heterocycles. The van der Waals surface area contributed by atoms with Crippen LogP contribution in [0.25, 0.3) is 0 Å². The fourth-order valence-corrected chi connectivity index (χ4v) is 1.33. The predicted octanol–water partition coefficient (Wildman–Crippen LogP) is 1.80. The van der Waals surface area contributed by atoms with Gasteiger partial charge in [-0.15, -0.1) is 5.10 Å². The molecule has 14 heavy (non-hydrogen) atoms. The Labute approximate surface area is 97.6 Å². The molecule has 4 nitrogen and oxygen atoms in total. The number of unbranched alkanes of at least 4 members (excludes halogenated alkanes) is 2. The van der Waals surface area contributed by atoms with Crippen LogP contribution in [0.2, 0.25) is 0 Å². The monoisotopic (exact) mass is 304 g/mol. The van der Waals surface area contributed by atoms with E-state index < -0.39 is 0 Å². The molecule has 0 amide bonds. The molecule has 1 aromatic heterocycles. The molecular weight excluding hydrogens is 291 g/mol. The Morgan fingerprint density at radius 2 is 2.29 bits per heavy atom. The number of aromatic nitrogens is 4. The first kappa shape index (κ1) is 11.4. The number of hydrogen-bond donors (Lipinski definition) is 0. The molecule has 0 aliphatic carbocycles. The number of hydrogen-bond acceptors (Lipinski definition) is 3. The molecule has 0 atom stereocenters. The molecule has 0 saturated carbocycles. The van der Waals surface area contributed by atoms with E-state index in [0.717, 1.165) is 18.7 Å². The highest BCUT2D eigenvalue weighted by Gasteiger charge is 2.03. The van der Waals surface area contributed by atoms with Gasteiger partial charge in [-0.3, -0.25) is 0 Å². The predicted molar refractivity (Wildman–Crippen MR) is 62.8 cm³/mol. The lowest BCUT2D eigenvalue weighted by Crippen LogP contribution is -2.04. The Hall–Kier alpha value is -0.640. The largest absolute Gasteiger partial charge is 0.218 e. The number of halogens is 1. The third-order valence-corrected chi connectivity index (χ3v) is 2.29. The van der Waals surface area contributed by atoms with Gasteiger partial charge in [-0.1, -0.05) is 25.7 Å². The summed E-state index contributed by atoms with van der Waals surface area (Å²) in [5, 5.41) is 11.5. The second-order valence-electron chi connectivity index (χ2n) is 2.98. The molecular formula is C9H13IN4. The van der Waals surface area contributed by atoms with Crippen LogP contribution in [0.4, 0.5) is 0 Å². The molecule has 0 radical (unpaired) electrons. The zero-order valence-corrected chi connectivity index (χ0v) is 10.4. The number of rotatable bonds is 5. The zero-order valence-electron chi connectivity index (χ0n) is 8.20. The minimum Gasteiger partial charge on any atom is -0.218 e. The van der Waals surface area contributed by atoms with Gasteiger partial charge in [0, 0.05) is 29.0 Å². The lowest BCUT2D eigenvalue weighted by atomic mass is 10.2. The number of aryl methyl sites for hydroxylation is 1. The number of nitrogens with zero attached hydrogens (tertiary/aromatic N) is 4. The quantitative estimate of drug-likeness (QED) is 0.473. The summed E-state index contributed by atoms with van der Waals surface area (Å²) in [4.78, 5) is 0. The lowest BCUT2D eigenvalue weighted by molar-refractivity contribution is 0.612. The van der Waals surface area contributed by atoms with Gasteiger partial charge in [0.2, 0.25) is 0 Å². The van der Waals surface area contributed by atoms with Gasteiger partial charge in [0.05, 0.1) is 0 Å². The van der Waals surface area contributed by atoms with E-state index in [4.69, 9.17) is 0 Å². The Bertz CT molecular complexity index is 323. The van der Waals surface area contributed by atoms with Crippen molar-refractivity contribution >= 4 is 22.6 Å². The maximum atomic E-state index is 3.97. The van der Waals surface area contributed by atoms with Crippen LogP contribution in [-0.2, 0) is 13.0 Å². The summed E-state index contributed by atoms with van der Waals surface area (Å²) in [6.07, 6.45) is 4.54. The van der Waals surface area contributed by atoms with E-state index in [9.17, 15) is 0 Å². The van der Waals surface area contributed by atoms with Gasteiger partial charge in [-0.05, 0) is 20.8 Å². The van der Waals surface area contributed by atoms with Crippen LogP contribution in [-0.4, -0.2) is 20.2 Å². The normalized spacial score (nSPS) is 9.57. The molecule has 1 rings (SSSR count). The third-order valence-electron chi connectivity index (χ3n) is 1.91. The van der Waals surface area contributed by atoms with Crippen molar-refractivity contribution in [3.63, 3.8) is 0 Å². The molecule has 0 aromatic carbocycles. The first-order chi connectivity index (χ1) is 6.88. The van der Waals surface area contributed by atoms with Gasteiger partial charge in [-0.2, -0.15) is 0 Å². The van der Waals surface area contributed by atoms with Crippen molar-refractivity contribution in [1.29, 1.82) is 0 Å². The molecule has 0 aliphatic heterocycles.